The molecule has 0 unspecified atom stereocenters. The number of morpholine rings is 1. The van der Waals surface area contributed by atoms with E-state index in [9.17, 15) is 0 Å². The van der Waals surface area contributed by atoms with Gasteiger partial charge in [0.25, 0.3) is 5.84 Å². The second-order valence-corrected chi connectivity index (χ2v) is 7.73. The summed E-state index contributed by atoms with van der Waals surface area (Å²) >= 11 is 0. The molecular formula is C24H31N4O+. The Morgan fingerprint density at radius 1 is 0.897 bits per heavy atom. The molecule has 2 heterocycles. The standard InChI is InChI=1S/C24H30N4O/c1-27-15-9-8-14-22(27)25-24(28-16-18-29-19-17-28)26-23(20-10-4-2-5-11-20)21-12-6-3-7-13-21/h2-7,10-13,23H,8-9,14-19H2,1H3/p+1. The lowest BCUT2D eigenvalue weighted by Gasteiger charge is -2.27. The Kier molecular flexibility index (Phi) is 6.50. The smallest absolute Gasteiger partial charge is 0.376 e. The molecule has 1 N–H and O–H groups in total. The number of hydrogen-bond acceptors (Lipinski definition) is 1. The number of nitrogens with one attached hydrogen (secondary N) is 1. The van der Waals surface area contributed by atoms with Crippen molar-refractivity contribution in [3.63, 3.8) is 0 Å². The van der Waals surface area contributed by atoms with Gasteiger partial charge in [-0.2, -0.15) is 0 Å². The maximum atomic E-state index is 5.59. The van der Waals surface area contributed by atoms with Crippen molar-refractivity contribution in [1.29, 1.82) is 0 Å². The summed E-state index contributed by atoms with van der Waals surface area (Å²) in [5.74, 6) is 2.12. The van der Waals surface area contributed by atoms with E-state index in [1.165, 1.54) is 29.8 Å². The highest BCUT2D eigenvalue weighted by Crippen LogP contribution is 2.22. The molecule has 152 valence electrons. The maximum Gasteiger partial charge on any atom is 0.397 e. The monoisotopic (exact) mass is 391 g/mol. The highest BCUT2D eigenvalue weighted by atomic mass is 16.5. The third-order valence-electron chi connectivity index (χ3n) is 5.67. The van der Waals surface area contributed by atoms with Gasteiger partial charge in [0.2, 0.25) is 0 Å². The summed E-state index contributed by atoms with van der Waals surface area (Å²) < 4.78 is 10.7. The zero-order chi connectivity index (χ0) is 19.9. The van der Waals surface area contributed by atoms with Crippen LogP contribution >= 0.6 is 0 Å². The van der Waals surface area contributed by atoms with Gasteiger partial charge in [-0.15, -0.1) is 0 Å². The summed E-state index contributed by atoms with van der Waals surface area (Å²) in [7, 11) is 2.15. The first-order chi connectivity index (χ1) is 14.3. The molecule has 2 aliphatic heterocycles. The number of piperidine rings is 1. The van der Waals surface area contributed by atoms with Crippen molar-refractivity contribution >= 4 is 11.8 Å². The van der Waals surface area contributed by atoms with Crippen molar-refractivity contribution in [3.05, 3.63) is 71.8 Å². The molecule has 0 radical (unpaired) electrons. The molecule has 4 rings (SSSR count). The van der Waals surface area contributed by atoms with Crippen LogP contribution in [0.2, 0.25) is 0 Å². The largest absolute Gasteiger partial charge is 0.397 e. The third kappa shape index (κ3) is 5.00. The van der Waals surface area contributed by atoms with Crippen LogP contribution in [0.5, 0.6) is 0 Å². The van der Waals surface area contributed by atoms with E-state index in [0.29, 0.717) is 0 Å². The van der Waals surface area contributed by atoms with Crippen LogP contribution in [0, 0.1) is 0 Å². The SMILES string of the molecule is CN1CCCCC1=[N+]=C(NC(c1ccccc1)c1ccccc1)N1CCOCC1. The van der Waals surface area contributed by atoms with Crippen LogP contribution in [0.1, 0.15) is 36.4 Å². The molecular weight excluding hydrogens is 360 g/mol. The van der Waals surface area contributed by atoms with E-state index in [1.54, 1.807) is 0 Å². The molecule has 0 aliphatic carbocycles. The first kappa shape index (κ1) is 19.6. The molecule has 0 bridgehead atoms. The zero-order valence-corrected chi connectivity index (χ0v) is 17.3. The van der Waals surface area contributed by atoms with Crippen LogP contribution in [-0.2, 0) is 4.74 Å². The Bertz CT molecular complexity index is 800. The maximum absolute atomic E-state index is 5.59. The fourth-order valence-electron chi connectivity index (χ4n) is 3.96. The lowest BCUT2D eigenvalue weighted by atomic mass is 9.99. The van der Waals surface area contributed by atoms with E-state index in [4.69, 9.17) is 9.40 Å². The molecule has 0 atom stereocenters. The minimum absolute atomic E-state index is 0.0495. The Labute approximate surface area is 173 Å². The number of rotatable bonds is 3. The molecule has 2 fully saturated rings. The van der Waals surface area contributed by atoms with Gasteiger partial charge in [-0.1, -0.05) is 60.7 Å². The number of ether oxygens (including phenoxy) is 1. The predicted octanol–water partition coefficient (Wildman–Crippen LogP) is 2.64. The van der Waals surface area contributed by atoms with Gasteiger partial charge in [-0.05, 0) is 24.0 Å². The number of guanidine groups is 1. The topological polar surface area (TPSA) is 41.8 Å². The Hall–Kier alpha value is -2.75. The fraction of sp³-hybridized carbons (Fsp3) is 0.417. The second-order valence-electron chi connectivity index (χ2n) is 7.73. The average molecular weight is 392 g/mol. The number of likely N-dealkylation sites (tertiary alicyclic amines) is 1. The molecule has 2 aliphatic rings. The number of nitrogens with zero attached hydrogens (tertiary/aromatic N) is 3. The minimum atomic E-state index is 0.0495. The summed E-state index contributed by atoms with van der Waals surface area (Å²) in [6, 6.07) is 21.3. The van der Waals surface area contributed by atoms with E-state index in [1.807, 2.05) is 0 Å². The Morgan fingerprint density at radius 3 is 2.10 bits per heavy atom. The van der Waals surface area contributed by atoms with Gasteiger partial charge in [0.05, 0.1) is 32.8 Å². The van der Waals surface area contributed by atoms with Crippen LogP contribution in [0.3, 0.4) is 0 Å². The molecule has 0 amide bonds. The average Bonchev–Trinajstić information content (AvgIpc) is 2.79. The van der Waals surface area contributed by atoms with Gasteiger partial charge in [-0.3, -0.25) is 10.2 Å². The zero-order valence-electron chi connectivity index (χ0n) is 17.3. The molecule has 2 aromatic rings. The van der Waals surface area contributed by atoms with Crippen molar-refractivity contribution in [2.24, 2.45) is 0 Å². The van der Waals surface area contributed by atoms with E-state index in [2.05, 4.69) is 82.8 Å². The molecule has 5 heteroatoms. The van der Waals surface area contributed by atoms with Crippen molar-refractivity contribution < 1.29 is 4.74 Å². The molecule has 29 heavy (non-hydrogen) atoms. The van der Waals surface area contributed by atoms with Crippen molar-refractivity contribution in [1.82, 2.24) is 19.8 Å². The van der Waals surface area contributed by atoms with Gasteiger partial charge in [0, 0.05) is 13.5 Å². The fourth-order valence-corrected chi connectivity index (χ4v) is 3.96. The summed E-state index contributed by atoms with van der Waals surface area (Å²) in [6.45, 7) is 4.29. The van der Waals surface area contributed by atoms with Crippen LogP contribution < -0.4 is 9.98 Å². The summed E-state index contributed by atoms with van der Waals surface area (Å²) in [5.41, 5.74) is 2.48. The van der Waals surface area contributed by atoms with Gasteiger partial charge in [0.1, 0.15) is 6.04 Å². The quantitative estimate of drug-likeness (QED) is 0.496. The van der Waals surface area contributed by atoms with Crippen LogP contribution in [0.25, 0.3) is 0 Å². The van der Waals surface area contributed by atoms with E-state index in [0.717, 1.165) is 45.2 Å². The Balaban J connectivity index is 1.73. The van der Waals surface area contributed by atoms with Crippen molar-refractivity contribution in [3.8, 4) is 0 Å². The molecule has 0 spiro atoms. The number of hydrogen-bond donors (Lipinski definition) is 1. The van der Waals surface area contributed by atoms with E-state index >= 15 is 0 Å². The lowest BCUT2D eigenvalue weighted by molar-refractivity contribution is 0.0662. The Morgan fingerprint density at radius 2 is 1.52 bits per heavy atom. The number of benzene rings is 2. The summed E-state index contributed by atoms with van der Waals surface area (Å²) in [6.07, 6.45) is 3.49. The van der Waals surface area contributed by atoms with Crippen molar-refractivity contribution in [2.75, 3.05) is 39.9 Å². The molecule has 2 saturated heterocycles. The van der Waals surface area contributed by atoms with Gasteiger partial charge >= 0.3 is 5.96 Å². The predicted molar refractivity (Wildman–Crippen MR) is 119 cm³/mol. The molecule has 0 saturated carbocycles. The second kappa shape index (κ2) is 9.64. The van der Waals surface area contributed by atoms with E-state index < -0.39 is 0 Å². The van der Waals surface area contributed by atoms with Gasteiger partial charge < -0.3 is 9.64 Å². The molecule has 5 nitrogen and oxygen atoms in total. The van der Waals surface area contributed by atoms with Crippen LogP contribution in [-0.4, -0.2) is 61.5 Å². The molecule has 0 aromatic heterocycles. The van der Waals surface area contributed by atoms with Crippen LogP contribution in [0.4, 0.5) is 0 Å². The minimum Gasteiger partial charge on any atom is -0.376 e. The van der Waals surface area contributed by atoms with Crippen molar-refractivity contribution in [2.45, 2.75) is 25.3 Å². The first-order valence-corrected chi connectivity index (χ1v) is 10.7. The molecule has 2 aromatic carbocycles. The summed E-state index contributed by atoms with van der Waals surface area (Å²) in [4.78, 5) is 4.63. The first-order valence-electron chi connectivity index (χ1n) is 10.7. The normalized spacial score (nSPS) is 17.2. The van der Waals surface area contributed by atoms with Gasteiger partial charge in [0.15, 0.2) is 0 Å². The highest BCUT2D eigenvalue weighted by molar-refractivity contribution is 5.90. The summed E-state index contributed by atoms with van der Waals surface area (Å²) in [5, 5.41) is 3.80. The lowest BCUT2D eigenvalue weighted by Crippen LogP contribution is -2.50. The number of amidine groups is 1. The van der Waals surface area contributed by atoms with Gasteiger partial charge in [-0.25, -0.2) is 4.67 Å². The van der Waals surface area contributed by atoms with E-state index in [-0.39, 0.29) is 6.04 Å². The van der Waals surface area contributed by atoms with Crippen LogP contribution in [0.15, 0.2) is 60.7 Å². The highest BCUT2D eigenvalue weighted by Gasteiger charge is 2.28. The third-order valence-corrected chi connectivity index (χ3v) is 5.67.